The molecule has 0 spiro atoms. The van der Waals surface area contributed by atoms with Crippen molar-refractivity contribution in [2.45, 2.75) is 6.92 Å². The summed E-state index contributed by atoms with van der Waals surface area (Å²) < 4.78 is 4.36. The second-order valence-electron chi connectivity index (χ2n) is 2.12. The first kappa shape index (κ1) is 10.5. The fraction of sp³-hybridized carbons (Fsp3) is 0.0909. The number of hydrogen-bond acceptors (Lipinski definition) is 1. The van der Waals surface area contributed by atoms with Crippen LogP contribution < -0.4 is 0 Å². The quantitative estimate of drug-likeness (QED) is 0.606. The van der Waals surface area contributed by atoms with Crippen molar-refractivity contribution in [2.24, 2.45) is 0 Å². The molecule has 1 aromatic carbocycles. The lowest BCUT2D eigenvalue weighted by atomic mass is 10.2. The van der Waals surface area contributed by atoms with Crippen LogP contribution in [0.1, 0.15) is 5.56 Å². The topological polar surface area (TPSA) is 9.23 Å². The van der Waals surface area contributed by atoms with E-state index in [2.05, 4.69) is 37.0 Å². The van der Waals surface area contributed by atoms with Crippen LogP contribution in [0, 0.1) is 6.92 Å². The minimum atomic E-state index is 1.31. The molecule has 0 saturated carbocycles. The van der Waals surface area contributed by atoms with Crippen LogP contribution in [0.25, 0.3) is 0 Å². The SMILES string of the molecule is C=COC=C.Cc1ccccc1. The molecule has 0 atom stereocenters. The van der Waals surface area contributed by atoms with E-state index in [4.69, 9.17) is 0 Å². The number of ether oxygens (including phenoxy) is 1. The van der Waals surface area contributed by atoms with E-state index in [-0.39, 0.29) is 0 Å². The summed E-state index contributed by atoms with van der Waals surface area (Å²) in [6.45, 7) is 8.60. The zero-order valence-electron chi connectivity index (χ0n) is 7.36. The average molecular weight is 162 g/mol. The molecule has 1 heteroatoms. The van der Waals surface area contributed by atoms with Crippen molar-refractivity contribution in [3.63, 3.8) is 0 Å². The monoisotopic (exact) mass is 162 g/mol. The van der Waals surface area contributed by atoms with Crippen LogP contribution in [0.4, 0.5) is 0 Å². The first-order valence-corrected chi connectivity index (χ1v) is 3.70. The molecule has 0 radical (unpaired) electrons. The van der Waals surface area contributed by atoms with Gasteiger partial charge in [-0.3, -0.25) is 0 Å². The Kier molecular flexibility index (Phi) is 6.65. The number of hydrogen-bond donors (Lipinski definition) is 0. The fourth-order valence-corrected chi connectivity index (χ4v) is 0.602. The molecule has 0 aromatic heterocycles. The van der Waals surface area contributed by atoms with Gasteiger partial charge in [-0.05, 0) is 6.92 Å². The molecule has 0 aliphatic carbocycles. The molecule has 64 valence electrons. The molecule has 0 fully saturated rings. The molecule has 0 aliphatic rings. The van der Waals surface area contributed by atoms with Gasteiger partial charge in [0.25, 0.3) is 0 Å². The summed E-state index contributed by atoms with van der Waals surface area (Å²) in [5.74, 6) is 0. The first-order chi connectivity index (χ1) is 5.81. The molecule has 0 unspecified atom stereocenters. The van der Waals surface area contributed by atoms with Gasteiger partial charge in [0, 0.05) is 0 Å². The summed E-state index contributed by atoms with van der Waals surface area (Å²) in [6.07, 6.45) is 2.62. The maximum absolute atomic E-state index is 4.36. The summed E-state index contributed by atoms with van der Waals surface area (Å²) in [7, 11) is 0. The molecule has 12 heavy (non-hydrogen) atoms. The second kappa shape index (κ2) is 7.61. The lowest BCUT2D eigenvalue weighted by molar-refractivity contribution is 0.406. The third kappa shape index (κ3) is 6.62. The predicted molar refractivity (Wildman–Crippen MR) is 52.7 cm³/mol. The predicted octanol–water partition coefficient (Wildman–Crippen LogP) is 3.29. The van der Waals surface area contributed by atoms with Crippen molar-refractivity contribution in [3.05, 3.63) is 61.6 Å². The molecule has 0 N–H and O–H groups in total. The van der Waals surface area contributed by atoms with Crippen molar-refractivity contribution in [1.29, 1.82) is 0 Å². The lowest BCUT2D eigenvalue weighted by Gasteiger charge is -1.82. The van der Waals surface area contributed by atoms with E-state index in [1.807, 2.05) is 18.2 Å². The van der Waals surface area contributed by atoms with E-state index < -0.39 is 0 Å². The highest BCUT2D eigenvalue weighted by molar-refractivity contribution is 5.11. The average Bonchev–Trinajstić information content (AvgIpc) is 2.08. The molecule has 1 aromatic rings. The van der Waals surface area contributed by atoms with Gasteiger partial charge in [-0.15, -0.1) is 0 Å². The number of rotatable bonds is 2. The van der Waals surface area contributed by atoms with Crippen molar-refractivity contribution in [1.82, 2.24) is 0 Å². The summed E-state index contributed by atoms with van der Waals surface area (Å²) >= 11 is 0. The van der Waals surface area contributed by atoms with Gasteiger partial charge in [0.05, 0.1) is 12.5 Å². The fourth-order valence-electron chi connectivity index (χ4n) is 0.602. The van der Waals surface area contributed by atoms with E-state index in [9.17, 15) is 0 Å². The van der Waals surface area contributed by atoms with Crippen LogP contribution in [0.5, 0.6) is 0 Å². The zero-order chi connectivity index (χ0) is 9.23. The minimum absolute atomic E-state index is 1.31. The van der Waals surface area contributed by atoms with Crippen LogP contribution in [-0.4, -0.2) is 0 Å². The Bertz CT molecular complexity index is 208. The third-order valence-corrected chi connectivity index (χ3v) is 1.13. The third-order valence-electron chi connectivity index (χ3n) is 1.13. The van der Waals surface area contributed by atoms with E-state index in [0.717, 1.165) is 0 Å². The molecule has 0 heterocycles. The molecular formula is C11H14O. The largest absolute Gasteiger partial charge is 0.474 e. The van der Waals surface area contributed by atoms with Crippen LogP contribution in [0.2, 0.25) is 0 Å². The van der Waals surface area contributed by atoms with Gasteiger partial charge in [-0.25, -0.2) is 0 Å². The highest BCUT2D eigenvalue weighted by Crippen LogP contribution is 1.92. The van der Waals surface area contributed by atoms with Crippen molar-refractivity contribution >= 4 is 0 Å². The molecule has 1 rings (SSSR count). The highest BCUT2D eigenvalue weighted by Gasteiger charge is 1.72. The van der Waals surface area contributed by atoms with Gasteiger partial charge in [-0.1, -0.05) is 49.1 Å². The molecule has 0 amide bonds. The van der Waals surface area contributed by atoms with Gasteiger partial charge < -0.3 is 4.74 Å². The Morgan fingerprint density at radius 3 is 1.75 bits per heavy atom. The standard InChI is InChI=1S/C7H8.C4H6O/c1-7-5-3-2-4-6-7;1-3-5-4-2/h2-6H,1H3;3-4H,1-2H2. The Balaban J connectivity index is 0.000000217. The Hall–Kier alpha value is -1.50. The lowest BCUT2D eigenvalue weighted by Crippen LogP contribution is -1.62. The highest BCUT2D eigenvalue weighted by atomic mass is 16.5. The number of aryl methyl sites for hydroxylation is 1. The van der Waals surface area contributed by atoms with Crippen molar-refractivity contribution < 1.29 is 4.74 Å². The summed E-state index contributed by atoms with van der Waals surface area (Å²) in [5, 5.41) is 0. The molecule has 0 saturated heterocycles. The van der Waals surface area contributed by atoms with Crippen molar-refractivity contribution in [2.75, 3.05) is 0 Å². The van der Waals surface area contributed by atoms with Crippen molar-refractivity contribution in [3.8, 4) is 0 Å². The Morgan fingerprint density at radius 1 is 1.08 bits per heavy atom. The normalized spacial score (nSPS) is 7.42. The van der Waals surface area contributed by atoms with Crippen LogP contribution in [-0.2, 0) is 4.74 Å². The van der Waals surface area contributed by atoms with E-state index >= 15 is 0 Å². The molecular weight excluding hydrogens is 148 g/mol. The van der Waals surface area contributed by atoms with Crippen LogP contribution in [0.15, 0.2) is 56.0 Å². The Labute approximate surface area is 74.0 Å². The maximum atomic E-state index is 4.36. The van der Waals surface area contributed by atoms with E-state index in [1.54, 1.807) is 0 Å². The smallest absolute Gasteiger partial charge is 0.0829 e. The molecule has 0 bridgehead atoms. The van der Waals surface area contributed by atoms with Gasteiger partial charge in [-0.2, -0.15) is 0 Å². The zero-order valence-corrected chi connectivity index (χ0v) is 7.36. The minimum Gasteiger partial charge on any atom is -0.474 e. The van der Waals surface area contributed by atoms with E-state index in [0.29, 0.717) is 0 Å². The van der Waals surface area contributed by atoms with Gasteiger partial charge >= 0.3 is 0 Å². The summed E-state index contributed by atoms with van der Waals surface area (Å²) in [6, 6.07) is 10.3. The summed E-state index contributed by atoms with van der Waals surface area (Å²) in [4.78, 5) is 0. The van der Waals surface area contributed by atoms with E-state index in [1.165, 1.54) is 18.1 Å². The van der Waals surface area contributed by atoms with Crippen LogP contribution >= 0.6 is 0 Å². The first-order valence-electron chi connectivity index (χ1n) is 3.70. The van der Waals surface area contributed by atoms with Crippen LogP contribution in [0.3, 0.4) is 0 Å². The van der Waals surface area contributed by atoms with Gasteiger partial charge in [0.15, 0.2) is 0 Å². The van der Waals surface area contributed by atoms with Gasteiger partial charge in [0.1, 0.15) is 0 Å². The number of benzene rings is 1. The molecule has 1 nitrogen and oxygen atoms in total. The maximum Gasteiger partial charge on any atom is 0.0829 e. The Morgan fingerprint density at radius 2 is 1.58 bits per heavy atom. The summed E-state index contributed by atoms with van der Waals surface area (Å²) in [5.41, 5.74) is 1.32. The second-order valence-corrected chi connectivity index (χ2v) is 2.12. The van der Waals surface area contributed by atoms with Gasteiger partial charge in [0.2, 0.25) is 0 Å². The molecule has 0 aliphatic heterocycles.